The van der Waals surface area contributed by atoms with Crippen LogP contribution in [0.1, 0.15) is 22.3 Å². The molecule has 1 heterocycles. The van der Waals surface area contributed by atoms with Crippen molar-refractivity contribution >= 4 is 0 Å². The Morgan fingerprint density at radius 1 is 1.05 bits per heavy atom. The van der Waals surface area contributed by atoms with Crippen LogP contribution in [0.3, 0.4) is 0 Å². The molecule has 22 heavy (non-hydrogen) atoms. The average molecular weight is 307 g/mol. The summed E-state index contributed by atoms with van der Waals surface area (Å²) in [7, 11) is 0. The Morgan fingerprint density at radius 3 is 2.68 bits per heavy atom. The third kappa shape index (κ3) is 3.09. The molecule has 0 amide bonds. The first-order valence-electron chi connectivity index (χ1n) is 7.15. The Balaban J connectivity index is 1.82. The van der Waals surface area contributed by atoms with E-state index in [1.807, 2.05) is 12.1 Å². The van der Waals surface area contributed by atoms with Gasteiger partial charge in [0.2, 0.25) is 0 Å². The van der Waals surface area contributed by atoms with E-state index in [0.29, 0.717) is 0 Å². The minimum absolute atomic E-state index is 0.128. The number of rotatable bonds is 3. The Morgan fingerprint density at radius 2 is 1.86 bits per heavy atom. The summed E-state index contributed by atoms with van der Waals surface area (Å²) in [6.07, 6.45) is -3.48. The second kappa shape index (κ2) is 6.01. The van der Waals surface area contributed by atoms with Gasteiger partial charge < -0.3 is 10.1 Å². The first-order chi connectivity index (χ1) is 10.6. The van der Waals surface area contributed by atoms with Gasteiger partial charge in [0.15, 0.2) is 0 Å². The lowest BCUT2D eigenvalue weighted by atomic mass is 9.96. The molecule has 1 aliphatic heterocycles. The molecular weight excluding hydrogens is 291 g/mol. The molecule has 1 aliphatic rings. The van der Waals surface area contributed by atoms with Crippen molar-refractivity contribution in [3.05, 3.63) is 64.7 Å². The molecule has 2 aromatic carbocycles. The summed E-state index contributed by atoms with van der Waals surface area (Å²) >= 11 is 0. The van der Waals surface area contributed by atoms with Crippen molar-refractivity contribution in [2.24, 2.45) is 0 Å². The molecule has 0 aromatic heterocycles. The van der Waals surface area contributed by atoms with Gasteiger partial charge in [0, 0.05) is 6.54 Å². The first kappa shape index (κ1) is 14.9. The molecule has 2 aromatic rings. The Hall–Kier alpha value is -2.01. The summed E-state index contributed by atoms with van der Waals surface area (Å²) in [6, 6.07) is 11.2. The van der Waals surface area contributed by atoms with E-state index in [-0.39, 0.29) is 12.4 Å². The minimum atomic E-state index is -4.41. The second-order valence-corrected chi connectivity index (χ2v) is 5.26. The maximum absolute atomic E-state index is 13.0. The fraction of sp³-hybridized carbons (Fsp3) is 0.294. The summed E-state index contributed by atoms with van der Waals surface area (Å²) in [5, 5.41) is 3.28. The average Bonchev–Trinajstić information content (AvgIpc) is 2.52. The largest absolute Gasteiger partial charge is 0.488 e. The summed E-state index contributed by atoms with van der Waals surface area (Å²) in [5.74, 6) is -0.128. The Bertz CT molecular complexity index is 667. The highest BCUT2D eigenvalue weighted by atomic mass is 19.4. The van der Waals surface area contributed by atoms with Crippen LogP contribution < -0.4 is 10.1 Å². The van der Waals surface area contributed by atoms with Gasteiger partial charge in [-0.2, -0.15) is 13.2 Å². The molecule has 1 N–H and O–H groups in total. The molecule has 5 heteroatoms. The van der Waals surface area contributed by atoms with Crippen molar-refractivity contribution in [1.82, 2.24) is 5.32 Å². The maximum atomic E-state index is 13.0. The molecule has 3 rings (SSSR count). The smallest absolute Gasteiger partial charge is 0.419 e. The van der Waals surface area contributed by atoms with Gasteiger partial charge >= 0.3 is 6.18 Å². The zero-order valence-electron chi connectivity index (χ0n) is 11.9. The van der Waals surface area contributed by atoms with Crippen LogP contribution in [-0.2, 0) is 25.7 Å². The minimum Gasteiger partial charge on any atom is -0.488 e. The fourth-order valence-corrected chi connectivity index (χ4v) is 2.70. The summed E-state index contributed by atoms with van der Waals surface area (Å²) in [6.45, 7) is 1.79. The number of ether oxygens (including phenoxy) is 1. The van der Waals surface area contributed by atoms with E-state index in [4.69, 9.17) is 4.74 Å². The molecule has 0 fully saturated rings. The van der Waals surface area contributed by atoms with Crippen molar-refractivity contribution in [1.29, 1.82) is 0 Å². The normalized spacial score (nSPS) is 14.5. The predicted molar refractivity (Wildman–Crippen MR) is 77.6 cm³/mol. The number of fused-ring (bicyclic) bond motifs is 1. The van der Waals surface area contributed by atoms with E-state index in [1.54, 1.807) is 6.07 Å². The molecule has 0 radical (unpaired) electrons. The zero-order chi connectivity index (χ0) is 15.6. The van der Waals surface area contributed by atoms with Crippen molar-refractivity contribution in [2.75, 3.05) is 6.54 Å². The highest BCUT2D eigenvalue weighted by Crippen LogP contribution is 2.36. The van der Waals surface area contributed by atoms with E-state index in [1.165, 1.54) is 17.7 Å². The Labute approximate surface area is 126 Å². The highest BCUT2D eigenvalue weighted by molar-refractivity contribution is 5.39. The molecule has 0 unspecified atom stereocenters. The maximum Gasteiger partial charge on any atom is 0.419 e. The van der Waals surface area contributed by atoms with Gasteiger partial charge in [0.1, 0.15) is 12.4 Å². The van der Waals surface area contributed by atoms with Crippen LogP contribution in [-0.4, -0.2) is 6.54 Å². The summed E-state index contributed by atoms with van der Waals surface area (Å²) in [4.78, 5) is 0. The van der Waals surface area contributed by atoms with Crippen molar-refractivity contribution in [2.45, 2.75) is 25.7 Å². The number of hydrogen-bond donors (Lipinski definition) is 1. The van der Waals surface area contributed by atoms with Gasteiger partial charge in [-0.3, -0.25) is 0 Å². The van der Waals surface area contributed by atoms with Crippen LogP contribution in [0.4, 0.5) is 13.2 Å². The van der Waals surface area contributed by atoms with Crippen LogP contribution in [0.15, 0.2) is 42.5 Å². The van der Waals surface area contributed by atoms with Crippen molar-refractivity contribution in [3.63, 3.8) is 0 Å². The molecular formula is C17H16F3NO. The van der Waals surface area contributed by atoms with Crippen LogP contribution in [0.5, 0.6) is 5.75 Å². The lowest BCUT2D eigenvalue weighted by Crippen LogP contribution is -2.25. The molecule has 0 bridgehead atoms. The molecule has 0 spiro atoms. The lowest BCUT2D eigenvalue weighted by molar-refractivity contribution is -0.139. The second-order valence-electron chi connectivity index (χ2n) is 5.26. The molecule has 0 atom stereocenters. The van der Waals surface area contributed by atoms with Gasteiger partial charge in [0.25, 0.3) is 0 Å². The molecule has 0 saturated carbocycles. The van der Waals surface area contributed by atoms with Gasteiger partial charge in [-0.25, -0.2) is 0 Å². The monoisotopic (exact) mass is 307 g/mol. The predicted octanol–water partition coefficient (Wildman–Crippen LogP) is 3.93. The summed E-state index contributed by atoms with van der Waals surface area (Å²) in [5.41, 5.74) is 2.57. The molecule has 0 saturated heterocycles. The topological polar surface area (TPSA) is 21.3 Å². The van der Waals surface area contributed by atoms with Crippen molar-refractivity contribution < 1.29 is 17.9 Å². The third-order valence-electron chi connectivity index (χ3n) is 3.82. The lowest BCUT2D eigenvalue weighted by Gasteiger charge is -2.21. The molecule has 2 nitrogen and oxygen atoms in total. The van der Waals surface area contributed by atoms with E-state index in [2.05, 4.69) is 11.4 Å². The highest BCUT2D eigenvalue weighted by Gasteiger charge is 2.34. The third-order valence-corrected chi connectivity index (χ3v) is 3.82. The number of alkyl halides is 3. The number of para-hydroxylation sites is 1. The van der Waals surface area contributed by atoms with E-state index >= 15 is 0 Å². The Kier molecular flexibility index (Phi) is 4.07. The number of halogens is 3. The SMILES string of the molecule is FC(F)(F)c1ccccc1OCc1cccc2c1CNCC2. The molecule has 116 valence electrons. The van der Waals surface area contributed by atoms with Crippen LogP contribution in [0.2, 0.25) is 0 Å². The number of benzene rings is 2. The van der Waals surface area contributed by atoms with Gasteiger partial charge in [-0.05, 0) is 41.8 Å². The quantitative estimate of drug-likeness (QED) is 0.927. The van der Waals surface area contributed by atoms with E-state index in [0.717, 1.165) is 36.7 Å². The van der Waals surface area contributed by atoms with Gasteiger partial charge in [0.05, 0.1) is 5.56 Å². The van der Waals surface area contributed by atoms with Crippen LogP contribution in [0.25, 0.3) is 0 Å². The number of hydrogen-bond acceptors (Lipinski definition) is 2. The summed E-state index contributed by atoms with van der Waals surface area (Å²) < 4.78 is 44.3. The van der Waals surface area contributed by atoms with Crippen molar-refractivity contribution in [3.8, 4) is 5.75 Å². The fourth-order valence-electron chi connectivity index (χ4n) is 2.70. The first-order valence-corrected chi connectivity index (χ1v) is 7.15. The van der Waals surface area contributed by atoms with E-state index in [9.17, 15) is 13.2 Å². The van der Waals surface area contributed by atoms with Gasteiger partial charge in [-0.1, -0.05) is 30.3 Å². The van der Waals surface area contributed by atoms with Crippen LogP contribution in [0, 0.1) is 0 Å². The molecule has 0 aliphatic carbocycles. The van der Waals surface area contributed by atoms with Gasteiger partial charge in [-0.15, -0.1) is 0 Å². The standard InChI is InChI=1S/C17H16F3NO/c18-17(19,20)15-6-1-2-7-16(15)22-11-13-5-3-4-12-8-9-21-10-14(12)13/h1-7,21H,8-11H2. The van der Waals surface area contributed by atoms with E-state index < -0.39 is 11.7 Å². The zero-order valence-corrected chi connectivity index (χ0v) is 11.9. The number of nitrogens with one attached hydrogen (secondary N) is 1. The van der Waals surface area contributed by atoms with Crippen LogP contribution >= 0.6 is 0 Å².